The van der Waals surface area contributed by atoms with E-state index in [1.807, 2.05) is 0 Å². The van der Waals surface area contributed by atoms with Crippen molar-refractivity contribution in [2.45, 2.75) is 62.8 Å². The van der Waals surface area contributed by atoms with Gasteiger partial charge >= 0.3 is 0 Å². The number of amides is 2. The number of benzene rings is 1. The van der Waals surface area contributed by atoms with Gasteiger partial charge in [-0.3, -0.25) is 19.6 Å². The lowest BCUT2D eigenvalue weighted by Crippen LogP contribution is -2.40. The Labute approximate surface area is 176 Å². The average Bonchev–Trinajstić information content (AvgIpc) is 3.52. The van der Waals surface area contributed by atoms with Gasteiger partial charge in [-0.05, 0) is 81.5 Å². The minimum atomic E-state index is -0.320. The molecule has 2 unspecified atom stereocenters. The summed E-state index contributed by atoms with van der Waals surface area (Å²) in [6.07, 6.45) is 10.3. The summed E-state index contributed by atoms with van der Waals surface area (Å²) in [4.78, 5) is 23.8. The van der Waals surface area contributed by atoms with Crippen molar-refractivity contribution in [3.63, 3.8) is 0 Å². The molecule has 1 aromatic rings. The lowest BCUT2D eigenvalue weighted by molar-refractivity contribution is -0.136. The van der Waals surface area contributed by atoms with Crippen molar-refractivity contribution in [1.29, 1.82) is 0 Å². The van der Waals surface area contributed by atoms with Crippen molar-refractivity contribution in [3.05, 3.63) is 36.2 Å². The molecule has 0 radical (unpaired) electrons. The molecule has 5 nitrogen and oxygen atoms in total. The van der Waals surface area contributed by atoms with Gasteiger partial charge in [-0.25, -0.2) is 4.39 Å². The quantitative estimate of drug-likeness (QED) is 0.241. The van der Waals surface area contributed by atoms with Crippen LogP contribution in [0.25, 0.3) is 0 Å². The van der Waals surface area contributed by atoms with E-state index < -0.39 is 0 Å². The van der Waals surface area contributed by atoms with Crippen LogP contribution in [0.3, 0.4) is 0 Å². The maximum atomic E-state index is 13.8. The molecule has 158 valence electrons. The third kappa shape index (κ3) is 7.48. The number of nitrogens with one attached hydrogen (secondary N) is 2. The normalized spacial score (nSPS) is 20.7. The van der Waals surface area contributed by atoms with Gasteiger partial charge in [-0.2, -0.15) is 0 Å². The van der Waals surface area contributed by atoms with E-state index in [9.17, 15) is 14.0 Å². The summed E-state index contributed by atoms with van der Waals surface area (Å²) in [5.41, 5.74) is 0. The van der Waals surface area contributed by atoms with E-state index in [1.54, 1.807) is 12.1 Å². The topological polar surface area (TPSA) is 67.4 Å². The Hall–Kier alpha value is -1.86. The number of carbonyl (C=O) groups is 2. The first-order chi connectivity index (χ1) is 14.0. The van der Waals surface area contributed by atoms with Crippen molar-refractivity contribution >= 4 is 23.8 Å². The number of hydrogen-bond donors (Lipinski definition) is 2. The summed E-state index contributed by atoms with van der Waals surface area (Å²) in [6.45, 7) is 2.65. The van der Waals surface area contributed by atoms with E-state index in [-0.39, 0.29) is 29.6 Å². The second-order valence-corrected chi connectivity index (χ2v) is 8.77. The molecule has 1 saturated heterocycles. The first-order valence-corrected chi connectivity index (χ1v) is 11.2. The van der Waals surface area contributed by atoms with Crippen LogP contribution in [0.5, 0.6) is 5.75 Å². The first-order valence-electron chi connectivity index (χ1n) is 10.4. The molecule has 29 heavy (non-hydrogen) atoms. The van der Waals surface area contributed by atoms with Gasteiger partial charge in [0.2, 0.25) is 11.8 Å². The molecule has 1 heterocycles. The van der Waals surface area contributed by atoms with Crippen molar-refractivity contribution < 1.29 is 18.7 Å². The van der Waals surface area contributed by atoms with Crippen LogP contribution in [-0.4, -0.2) is 24.5 Å². The van der Waals surface area contributed by atoms with Crippen LogP contribution < -0.4 is 14.8 Å². The second kappa shape index (κ2) is 10.8. The fourth-order valence-electron chi connectivity index (χ4n) is 3.15. The van der Waals surface area contributed by atoms with E-state index >= 15 is 0 Å². The zero-order valence-corrected chi connectivity index (χ0v) is 17.6. The molecule has 2 N–H and O–H groups in total. The Balaban J connectivity index is 1.33. The Morgan fingerprint density at radius 1 is 1.34 bits per heavy atom. The lowest BCUT2D eigenvalue weighted by atomic mass is 9.93. The summed E-state index contributed by atoms with van der Waals surface area (Å²) in [5.74, 6) is 0.257. The molecule has 1 saturated carbocycles. The van der Waals surface area contributed by atoms with Gasteiger partial charge < -0.3 is 4.74 Å². The molecule has 0 aromatic heterocycles. The number of carbonyl (C=O) groups excluding carboxylic acids is 2. The third-order valence-electron chi connectivity index (χ3n) is 5.14. The van der Waals surface area contributed by atoms with Crippen LogP contribution in [0.15, 0.2) is 35.2 Å². The summed E-state index contributed by atoms with van der Waals surface area (Å²) in [5, 5.41) is 2.40. The number of allylic oxidation sites excluding steroid dienone is 1. The highest BCUT2D eigenvalue weighted by Crippen LogP contribution is 2.31. The van der Waals surface area contributed by atoms with Crippen LogP contribution in [0.1, 0.15) is 51.9 Å². The second-order valence-electron chi connectivity index (χ2n) is 7.86. The molecule has 0 spiro atoms. The minimum absolute atomic E-state index is 0.0398. The predicted octanol–water partition coefficient (Wildman–Crippen LogP) is 4.38. The van der Waals surface area contributed by atoms with E-state index in [0.717, 1.165) is 24.2 Å². The van der Waals surface area contributed by atoms with Gasteiger partial charge in [0.25, 0.3) is 0 Å². The SMILES string of the molecule is CC(/C=C/CCCC1CCC(=O)NC1=O)NSc1ccc(F)c(OCC2CC2)c1. The average molecular weight is 421 g/mol. The summed E-state index contributed by atoms with van der Waals surface area (Å²) in [6, 6.07) is 5.08. The fourth-order valence-corrected chi connectivity index (χ4v) is 3.85. The minimum Gasteiger partial charge on any atom is -0.490 e. The van der Waals surface area contributed by atoms with E-state index in [4.69, 9.17) is 4.74 Å². The number of halogens is 1. The van der Waals surface area contributed by atoms with Crippen molar-refractivity contribution in [3.8, 4) is 5.75 Å². The Bertz CT molecular complexity index is 752. The summed E-state index contributed by atoms with van der Waals surface area (Å²) < 4.78 is 22.8. The largest absolute Gasteiger partial charge is 0.490 e. The van der Waals surface area contributed by atoms with E-state index in [1.165, 1.54) is 30.9 Å². The lowest BCUT2D eigenvalue weighted by Gasteiger charge is -2.20. The van der Waals surface area contributed by atoms with Crippen molar-refractivity contribution in [2.75, 3.05) is 6.61 Å². The molecule has 2 atom stereocenters. The molecule has 1 aliphatic heterocycles. The zero-order chi connectivity index (χ0) is 20.6. The highest BCUT2D eigenvalue weighted by molar-refractivity contribution is 7.97. The molecule has 2 aliphatic rings. The van der Waals surface area contributed by atoms with Gasteiger partial charge in [0, 0.05) is 23.3 Å². The molecular formula is C22H29FN2O3S. The van der Waals surface area contributed by atoms with Crippen molar-refractivity contribution in [2.24, 2.45) is 11.8 Å². The molecular weight excluding hydrogens is 391 g/mol. The highest BCUT2D eigenvalue weighted by Gasteiger charge is 2.25. The predicted molar refractivity (Wildman–Crippen MR) is 112 cm³/mol. The van der Waals surface area contributed by atoms with Crippen LogP contribution in [0, 0.1) is 17.7 Å². The van der Waals surface area contributed by atoms with Crippen LogP contribution >= 0.6 is 11.9 Å². The third-order valence-corrected chi connectivity index (χ3v) is 6.12. The van der Waals surface area contributed by atoms with Crippen molar-refractivity contribution in [1.82, 2.24) is 10.0 Å². The standard InChI is InChI=1S/C22H29FN2O3S/c1-15(5-3-2-4-6-17-9-12-21(26)24-22(17)27)25-29-18-10-11-19(23)20(13-18)28-14-16-7-8-16/h3,5,10-11,13,15-17,25H,2,4,6-9,12,14H2,1H3,(H,24,26,27)/b5-3+. The van der Waals surface area contributed by atoms with Gasteiger partial charge in [0.1, 0.15) is 0 Å². The molecule has 7 heteroatoms. The smallest absolute Gasteiger partial charge is 0.229 e. The molecule has 2 amide bonds. The highest BCUT2D eigenvalue weighted by atomic mass is 32.2. The molecule has 2 fully saturated rings. The van der Waals surface area contributed by atoms with Crippen LogP contribution in [0.4, 0.5) is 4.39 Å². The number of hydrogen-bond acceptors (Lipinski definition) is 5. The van der Waals surface area contributed by atoms with Crippen LogP contribution in [-0.2, 0) is 9.59 Å². The van der Waals surface area contributed by atoms with Gasteiger partial charge in [0.05, 0.1) is 6.61 Å². The first kappa shape index (κ1) is 21.8. The fraction of sp³-hybridized carbons (Fsp3) is 0.545. The van der Waals surface area contributed by atoms with Gasteiger partial charge in [-0.15, -0.1) is 0 Å². The van der Waals surface area contributed by atoms with Crippen LogP contribution in [0.2, 0.25) is 0 Å². The Kier molecular flexibility index (Phi) is 8.12. The molecule has 0 bridgehead atoms. The maximum Gasteiger partial charge on any atom is 0.229 e. The van der Waals surface area contributed by atoms with E-state index in [0.29, 0.717) is 31.1 Å². The Morgan fingerprint density at radius 2 is 2.17 bits per heavy atom. The number of piperidine rings is 1. The summed E-state index contributed by atoms with van der Waals surface area (Å²) in [7, 11) is 0. The number of rotatable bonds is 11. The number of imide groups is 1. The zero-order valence-electron chi connectivity index (χ0n) is 16.8. The number of ether oxygens (including phenoxy) is 1. The van der Waals surface area contributed by atoms with E-state index in [2.05, 4.69) is 29.1 Å². The number of unbranched alkanes of at least 4 members (excludes halogenated alkanes) is 1. The summed E-state index contributed by atoms with van der Waals surface area (Å²) >= 11 is 1.46. The Morgan fingerprint density at radius 3 is 2.93 bits per heavy atom. The molecule has 1 aromatic carbocycles. The maximum absolute atomic E-state index is 13.8. The monoisotopic (exact) mass is 420 g/mol. The molecule has 3 rings (SSSR count). The molecule has 1 aliphatic carbocycles. The van der Waals surface area contributed by atoms with Gasteiger partial charge in [0.15, 0.2) is 11.6 Å². The van der Waals surface area contributed by atoms with Gasteiger partial charge in [-0.1, -0.05) is 12.2 Å².